The summed E-state index contributed by atoms with van der Waals surface area (Å²) in [5.74, 6) is 0.508. The van der Waals surface area contributed by atoms with Gasteiger partial charge >= 0.3 is 0 Å². The fourth-order valence-corrected chi connectivity index (χ4v) is 1.82. The zero-order valence-corrected chi connectivity index (χ0v) is 11.9. The minimum absolute atomic E-state index is 0.0398. The summed E-state index contributed by atoms with van der Waals surface area (Å²) in [6.07, 6.45) is 2.63. The molecule has 0 saturated heterocycles. The van der Waals surface area contributed by atoms with Gasteiger partial charge in [-0.2, -0.15) is 0 Å². The van der Waals surface area contributed by atoms with Gasteiger partial charge in [0.25, 0.3) is 5.91 Å². The Morgan fingerprint density at radius 2 is 2.26 bits per heavy atom. The van der Waals surface area contributed by atoms with E-state index in [1.807, 2.05) is 13.8 Å². The fraction of sp³-hybridized carbons (Fsp3) is 0.571. The molecule has 2 N–H and O–H groups in total. The van der Waals surface area contributed by atoms with Gasteiger partial charge in [0.15, 0.2) is 0 Å². The van der Waals surface area contributed by atoms with Gasteiger partial charge in [-0.3, -0.25) is 4.79 Å². The maximum absolute atomic E-state index is 12.5. The molecule has 106 valence electrons. The van der Waals surface area contributed by atoms with E-state index < -0.39 is 0 Å². The summed E-state index contributed by atoms with van der Waals surface area (Å²) in [4.78, 5) is 18.4. The van der Waals surface area contributed by atoms with Crippen molar-refractivity contribution < 1.29 is 9.90 Å². The first-order valence-electron chi connectivity index (χ1n) is 6.72. The molecular weight excluding hydrogens is 242 g/mol. The number of hydrogen-bond acceptors (Lipinski definition) is 4. The maximum atomic E-state index is 12.5. The Kier molecular flexibility index (Phi) is 6.29. The SMILES string of the molecule is CCCNc1ncccc1C(=O)N(CCO)C(C)C. The van der Waals surface area contributed by atoms with Gasteiger partial charge in [-0.05, 0) is 32.4 Å². The van der Waals surface area contributed by atoms with E-state index in [9.17, 15) is 4.79 Å². The lowest BCUT2D eigenvalue weighted by molar-refractivity contribution is 0.0666. The highest BCUT2D eigenvalue weighted by Gasteiger charge is 2.21. The first-order valence-corrected chi connectivity index (χ1v) is 6.72. The number of aliphatic hydroxyl groups is 1. The van der Waals surface area contributed by atoms with E-state index in [2.05, 4.69) is 17.2 Å². The number of carbonyl (C=O) groups is 1. The lowest BCUT2D eigenvalue weighted by atomic mass is 10.2. The molecule has 1 heterocycles. The Morgan fingerprint density at radius 3 is 2.84 bits per heavy atom. The van der Waals surface area contributed by atoms with Gasteiger partial charge in [0, 0.05) is 25.3 Å². The van der Waals surface area contributed by atoms with Crippen molar-refractivity contribution >= 4 is 11.7 Å². The molecule has 0 radical (unpaired) electrons. The van der Waals surface area contributed by atoms with Crippen LogP contribution in [0.15, 0.2) is 18.3 Å². The lowest BCUT2D eigenvalue weighted by Crippen LogP contribution is -2.39. The van der Waals surface area contributed by atoms with E-state index in [0.717, 1.165) is 13.0 Å². The van der Waals surface area contributed by atoms with Crippen LogP contribution in [-0.4, -0.2) is 46.6 Å². The van der Waals surface area contributed by atoms with Crippen LogP contribution in [0.2, 0.25) is 0 Å². The van der Waals surface area contributed by atoms with Crippen molar-refractivity contribution in [3.63, 3.8) is 0 Å². The van der Waals surface area contributed by atoms with Crippen LogP contribution in [0.3, 0.4) is 0 Å². The Morgan fingerprint density at radius 1 is 1.53 bits per heavy atom. The van der Waals surface area contributed by atoms with Crippen LogP contribution < -0.4 is 5.32 Å². The van der Waals surface area contributed by atoms with E-state index >= 15 is 0 Å². The summed E-state index contributed by atoms with van der Waals surface area (Å²) in [5.41, 5.74) is 0.554. The minimum Gasteiger partial charge on any atom is -0.395 e. The quantitative estimate of drug-likeness (QED) is 0.788. The summed E-state index contributed by atoms with van der Waals surface area (Å²) in [6.45, 7) is 7.00. The topological polar surface area (TPSA) is 65.5 Å². The van der Waals surface area contributed by atoms with E-state index in [1.54, 1.807) is 23.2 Å². The van der Waals surface area contributed by atoms with Gasteiger partial charge < -0.3 is 15.3 Å². The van der Waals surface area contributed by atoms with E-state index in [0.29, 0.717) is 17.9 Å². The molecule has 0 saturated carbocycles. The first-order chi connectivity index (χ1) is 9.11. The molecule has 0 spiro atoms. The van der Waals surface area contributed by atoms with Crippen LogP contribution in [0.5, 0.6) is 0 Å². The van der Waals surface area contributed by atoms with Crippen molar-refractivity contribution in [3.8, 4) is 0 Å². The molecule has 0 aliphatic carbocycles. The van der Waals surface area contributed by atoms with E-state index in [4.69, 9.17) is 5.11 Å². The van der Waals surface area contributed by atoms with Crippen LogP contribution in [0.4, 0.5) is 5.82 Å². The van der Waals surface area contributed by atoms with Gasteiger partial charge in [0.2, 0.25) is 0 Å². The van der Waals surface area contributed by atoms with Crippen LogP contribution in [0, 0.1) is 0 Å². The van der Waals surface area contributed by atoms with Crippen molar-refractivity contribution in [2.45, 2.75) is 33.2 Å². The number of hydrogen-bond donors (Lipinski definition) is 2. The van der Waals surface area contributed by atoms with Crippen molar-refractivity contribution in [1.29, 1.82) is 0 Å². The Balaban J connectivity index is 2.96. The molecule has 1 aromatic heterocycles. The second-order valence-corrected chi connectivity index (χ2v) is 4.64. The molecule has 0 aromatic carbocycles. The van der Waals surface area contributed by atoms with Gasteiger partial charge in [0.1, 0.15) is 5.82 Å². The standard InChI is InChI=1S/C14H23N3O2/c1-4-7-15-13-12(6-5-8-16-13)14(19)17(9-10-18)11(2)3/h5-6,8,11,18H,4,7,9-10H2,1-3H3,(H,15,16). The molecule has 0 aliphatic heterocycles. The van der Waals surface area contributed by atoms with Gasteiger partial charge in [-0.25, -0.2) is 4.98 Å². The number of amides is 1. The first kappa shape index (κ1) is 15.4. The molecule has 0 aliphatic rings. The average molecular weight is 265 g/mol. The average Bonchev–Trinajstić information content (AvgIpc) is 2.41. The summed E-state index contributed by atoms with van der Waals surface area (Å²) in [7, 11) is 0. The third kappa shape index (κ3) is 4.21. The van der Waals surface area contributed by atoms with Crippen molar-refractivity contribution in [2.75, 3.05) is 25.0 Å². The highest BCUT2D eigenvalue weighted by Crippen LogP contribution is 2.15. The number of anilines is 1. The maximum Gasteiger partial charge on any atom is 0.257 e. The molecule has 5 nitrogen and oxygen atoms in total. The molecule has 0 atom stereocenters. The zero-order chi connectivity index (χ0) is 14.3. The summed E-state index contributed by atoms with van der Waals surface area (Å²) in [5, 5.41) is 12.2. The smallest absolute Gasteiger partial charge is 0.257 e. The number of pyridine rings is 1. The Bertz CT molecular complexity index is 407. The fourth-order valence-electron chi connectivity index (χ4n) is 1.82. The number of rotatable bonds is 7. The van der Waals surface area contributed by atoms with Crippen LogP contribution in [0.1, 0.15) is 37.6 Å². The molecule has 1 aromatic rings. The van der Waals surface area contributed by atoms with Crippen LogP contribution >= 0.6 is 0 Å². The van der Waals surface area contributed by atoms with Crippen molar-refractivity contribution in [1.82, 2.24) is 9.88 Å². The van der Waals surface area contributed by atoms with Crippen molar-refractivity contribution in [3.05, 3.63) is 23.9 Å². The lowest BCUT2D eigenvalue weighted by Gasteiger charge is -2.26. The van der Waals surface area contributed by atoms with Gasteiger partial charge in [-0.15, -0.1) is 0 Å². The summed E-state index contributed by atoms with van der Waals surface area (Å²) in [6, 6.07) is 3.56. The molecule has 1 rings (SSSR count). The normalized spacial score (nSPS) is 10.6. The summed E-state index contributed by atoms with van der Waals surface area (Å²) < 4.78 is 0. The third-order valence-electron chi connectivity index (χ3n) is 2.81. The summed E-state index contributed by atoms with van der Waals surface area (Å²) >= 11 is 0. The second kappa shape index (κ2) is 7.74. The highest BCUT2D eigenvalue weighted by molar-refractivity contribution is 5.98. The molecular formula is C14H23N3O2. The molecule has 0 fully saturated rings. The van der Waals surface area contributed by atoms with E-state index in [1.165, 1.54) is 0 Å². The van der Waals surface area contributed by atoms with Crippen LogP contribution in [0.25, 0.3) is 0 Å². The number of nitrogens with one attached hydrogen (secondary N) is 1. The number of carbonyl (C=O) groups excluding carboxylic acids is 1. The zero-order valence-electron chi connectivity index (χ0n) is 11.9. The molecule has 19 heavy (non-hydrogen) atoms. The predicted molar refractivity (Wildman–Crippen MR) is 76.3 cm³/mol. The van der Waals surface area contributed by atoms with Gasteiger partial charge in [-0.1, -0.05) is 6.92 Å². The largest absolute Gasteiger partial charge is 0.395 e. The third-order valence-corrected chi connectivity index (χ3v) is 2.81. The molecule has 5 heteroatoms. The van der Waals surface area contributed by atoms with Crippen molar-refractivity contribution in [2.24, 2.45) is 0 Å². The Hall–Kier alpha value is -1.62. The second-order valence-electron chi connectivity index (χ2n) is 4.64. The van der Waals surface area contributed by atoms with Gasteiger partial charge in [0.05, 0.1) is 12.2 Å². The number of aromatic nitrogens is 1. The monoisotopic (exact) mass is 265 g/mol. The highest BCUT2D eigenvalue weighted by atomic mass is 16.3. The molecule has 0 bridgehead atoms. The minimum atomic E-state index is -0.101. The van der Waals surface area contributed by atoms with Crippen LogP contribution in [-0.2, 0) is 0 Å². The Labute approximate surface area is 114 Å². The van der Waals surface area contributed by atoms with E-state index in [-0.39, 0.29) is 18.6 Å². The predicted octanol–water partition coefficient (Wildman–Crippen LogP) is 1.75. The molecule has 1 amide bonds. The number of aliphatic hydroxyl groups excluding tert-OH is 1. The molecule has 0 unspecified atom stereocenters. The number of nitrogens with zero attached hydrogens (tertiary/aromatic N) is 2.